The second-order valence-electron chi connectivity index (χ2n) is 3.83. The molecule has 1 heterocycles. The van der Waals surface area contributed by atoms with Crippen LogP contribution < -0.4 is 0 Å². The second-order valence-corrected chi connectivity index (χ2v) is 3.83. The SMILES string of the molecule is C=C1N(CCCC)C(=O)OC1(C)C. The predicted molar refractivity (Wildman–Crippen MR) is 51.3 cm³/mol. The van der Waals surface area contributed by atoms with Crippen molar-refractivity contribution < 1.29 is 9.53 Å². The lowest BCUT2D eigenvalue weighted by atomic mass is 10.1. The Bertz CT molecular complexity index is 233. The van der Waals surface area contributed by atoms with Crippen molar-refractivity contribution in [2.75, 3.05) is 6.54 Å². The standard InChI is InChI=1S/C10H17NO2/c1-5-6-7-11-8(2)10(3,4)13-9(11)12/h2,5-7H2,1,3-4H3. The molecule has 1 amide bonds. The third kappa shape index (κ3) is 1.85. The lowest BCUT2D eigenvalue weighted by Gasteiger charge is -2.18. The molecule has 0 aliphatic carbocycles. The molecule has 0 atom stereocenters. The summed E-state index contributed by atoms with van der Waals surface area (Å²) in [5.41, 5.74) is 0.246. The summed E-state index contributed by atoms with van der Waals surface area (Å²) in [6.45, 7) is 10.4. The van der Waals surface area contributed by atoms with Gasteiger partial charge in [-0.25, -0.2) is 4.79 Å². The third-order valence-electron chi connectivity index (χ3n) is 2.32. The molecular weight excluding hydrogens is 166 g/mol. The highest BCUT2D eigenvalue weighted by Gasteiger charge is 2.41. The highest BCUT2D eigenvalue weighted by Crippen LogP contribution is 2.31. The summed E-state index contributed by atoms with van der Waals surface area (Å²) >= 11 is 0. The van der Waals surface area contributed by atoms with E-state index in [1.165, 1.54) is 0 Å². The Kier molecular flexibility index (Phi) is 2.64. The highest BCUT2D eigenvalue weighted by molar-refractivity contribution is 5.74. The maximum Gasteiger partial charge on any atom is 0.415 e. The van der Waals surface area contributed by atoms with Crippen LogP contribution in [0.2, 0.25) is 0 Å². The number of carbonyl (C=O) groups is 1. The van der Waals surface area contributed by atoms with Crippen LogP contribution in [-0.4, -0.2) is 23.1 Å². The van der Waals surface area contributed by atoms with Crippen LogP contribution in [-0.2, 0) is 4.74 Å². The molecule has 0 N–H and O–H groups in total. The Labute approximate surface area is 79.4 Å². The summed E-state index contributed by atoms with van der Waals surface area (Å²) in [6, 6.07) is 0. The predicted octanol–water partition coefficient (Wildman–Crippen LogP) is 2.53. The fourth-order valence-corrected chi connectivity index (χ4v) is 1.31. The van der Waals surface area contributed by atoms with Crippen LogP contribution >= 0.6 is 0 Å². The summed E-state index contributed by atoms with van der Waals surface area (Å²) in [7, 11) is 0. The summed E-state index contributed by atoms with van der Waals surface area (Å²) in [6.07, 6.45) is 1.80. The van der Waals surface area contributed by atoms with Gasteiger partial charge in [0.1, 0.15) is 5.60 Å². The highest BCUT2D eigenvalue weighted by atomic mass is 16.6. The Hall–Kier alpha value is -0.990. The molecule has 74 valence electrons. The number of hydrogen-bond donors (Lipinski definition) is 0. The van der Waals surface area contributed by atoms with Crippen molar-refractivity contribution in [1.29, 1.82) is 0 Å². The quantitative estimate of drug-likeness (QED) is 0.673. The molecule has 1 saturated heterocycles. The minimum atomic E-state index is -0.523. The van der Waals surface area contributed by atoms with Gasteiger partial charge in [-0.2, -0.15) is 0 Å². The zero-order chi connectivity index (χ0) is 10.1. The van der Waals surface area contributed by atoms with Gasteiger partial charge >= 0.3 is 6.09 Å². The molecule has 0 aromatic heterocycles. The molecule has 0 aromatic carbocycles. The maximum atomic E-state index is 11.3. The maximum absolute atomic E-state index is 11.3. The third-order valence-corrected chi connectivity index (χ3v) is 2.32. The van der Waals surface area contributed by atoms with Gasteiger partial charge in [-0.1, -0.05) is 19.9 Å². The van der Waals surface area contributed by atoms with Crippen LogP contribution in [0.1, 0.15) is 33.6 Å². The van der Waals surface area contributed by atoms with E-state index in [0.717, 1.165) is 25.1 Å². The number of cyclic esters (lactones) is 1. The van der Waals surface area contributed by atoms with Gasteiger partial charge in [0.05, 0.1) is 5.70 Å². The zero-order valence-electron chi connectivity index (χ0n) is 8.59. The van der Waals surface area contributed by atoms with Crippen LogP contribution in [0.5, 0.6) is 0 Å². The minimum absolute atomic E-state index is 0.261. The Morgan fingerprint density at radius 1 is 1.54 bits per heavy atom. The monoisotopic (exact) mass is 183 g/mol. The molecule has 1 aliphatic heterocycles. The van der Waals surface area contributed by atoms with E-state index in [1.54, 1.807) is 4.90 Å². The first-order chi connectivity index (χ1) is 5.99. The van der Waals surface area contributed by atoms with Crippen molar-refractivity contribution in [2.24, 2.45) is 0 Å². The molecule has 3 nitrogen and oxygen atoms in total. The number of rotatable bonds is 3. The van der Waals surface area contributed by atoms with Crippen LogP contribution in [0.15, 0.2) is 12.3 Å². The lowest BCUT2D eigenvalue weighted by Crippen LogP contribution is -2.26. The summed E-state index contributed by atoms with van der Waals surface area (Å²) in [5.74, 6) is 0. The Morgan fingerprint density at radius 3 is 2.54 bits per heavy atom. The minimum Gasteiger partial charge on any atom is -0.437 e. The van der Waals surface area contributed by atoms with E-state index in [1.807, 2.05) is 13.8 Å². The number of amides is 1. The fraction of sp³-hybridized carbons (Fsp3) is 0.700. The number of hydrogen-bond acceptors (Lipinski definition) is 2. The van der Waals surface area contributed by atoms with E-state index in [4.69, 9.17) is 4.74 Å². The van der Waals surface area contributed by atoms with Crippen LogP contribution in [0.25, 0.3) is 0 Å². The van der Waals surface area contributed by atoms with Crippen molar-refractivity contribution >= 4 is 6.09 Å². The van der Waals surface area contributed by atoms with Crippen LogP contribution in [0.3, 0.4) is 0 Å². The van der Waals surface area contributed by atoms with Gasteiger partial charge in [0.15, 0.2) is 0 Å². The molecule has 1 fully saturated rings. The van der Waals surface area contributed by atoms with Crippen molar-refractivity contribution in [1.82, 2.24) is 4.90 Å². The van der Waals surface area contributed by atoms with E-state index < -0.39 is 5.60 Å². The molecule has 3 heteroatoms. The van der Waals surface area contributed by atoms with Crippen molar-refractivity contribution in [3.05, 3.63) is 12.3 Å². The first kappa shape index (κ1) is 10.1. The fourth-order valence-electron chi connectivity index (χ4n) is 1.31. The average molecular weight is 183 g/mol. The molecule has 13 heavy (non-hydrogen) atoms. The first-order valence-corrected chi connectivity index (χ1v) is 4.69. The van der Waals surface area contributed by atoms with Gasteiger partial charge in [-0.3, -0.25) is 4.90 Å². The summed E-state index contributed by atoms with van der Waals surface area (Å²) in [4.78, 5) is 13.0. The zero-order valence-corrected chi connectivity index (χ0v) is 8.59. The van der Waals surface area contributed by atoms with Gasteiger partial charge in [0.2, 0.25) is 0 Å². The molecule has 0 radical (unpaired) electrons. The summed E-state index contributed by atoms with van der Waals surface area (Å²) in [5, 5.41) is 0. The number of nitrogens with zero attached hydrogens (tertiary/aromatic N) is 1. The van der Waals surface area contributed by atoms with Crippen LogP contribution in [0, 0.1) is 0 Å². The smallest absolute Gasteiger partial charge is 0.415 e. The molecule has 0 aromatic rings. The number of unbranched alkanes of at least 4 members (excludes halogenated alkanes) is 1. The topological polar surface area (TPSA) is 29.5 Å². The first-order valence-electron chi connectivity index (χ1n) is 4.69. The van der Waals surface area contributed by atoms with Crippen LogP contribution in [0.4, 0.5) is 4.79 Å². The largest absolute Gasteiger partial charge is 0.437 e. The molecule has 0 unspecified atom stereocenters. The average Bonchev–Trinajstić information content (AvgIpc) is 2.21. The van der Waals surface area contributed by atoms with Crippen molar-refractivity contribution in [3.8, 4) is 0 Å². The van der Waals surface area contributed by atoms with E-state index in [9.17, 15) is 4.79 Å². The normalized spacial score (nSPS) is 20.7. The molecular formula is C10H17NO2. The number of carbonyl (C=O) groups excluding carboxylic acids is 1. The van der Waals surface area contributed by atoms with E-state index in [0.29, 0.717) is 0 Å². The van der Waals surface area contributed by atoms with Crippen molar-refractivity contribution in [2.45, 2.75) is 39.2 Å². The molecule has 0 saturated carbocycles. The number of ether oxygens (including phenoxy) is 1. The van der Waals surface area contributed by atoms with Gasteiger partial charge in [0.25, 0.3) is 0 Å². The van der Waals surface area contributed by atoms with Gasteiger partial charge in [-0.05, 0) is 20.3 Å². The van der Waals surface area contributed by atoms with E-state index in [-0.39, 0.29) is 6.09 Å². The Morgan fingerprint density at radius 2 is 2.15 bits per heavy atom. The lowest BCUT2D eigenvalue weighted by molar-refractivity contribution is 0.0935. The van der Waals surface area contributed by atoms with Gasteiger partial charge in [-0.15, -0.1) is 0 Å². The van der Waals surface area contributed by atoms with Gasteiger partial charge < -0.3 is 4.74 Å². The Balaban J connectivity index is 2.66. The van der Waals surface area contributed by atoms with E-state index in [2.05, 4.69) is 13.5 Å². The van der Waals surface area contributed by atoms with Gasteiger partial charge in [0, 0.05) is 6.54 Å². The molecule has 0 spiro atoms. The molecule has 0 bridgehead atoms. The second kappa shape index (κ2) is 3.40. The molecule has 1 aliphatic rings. The van der Waals surface area contributed by atoms with Crippen molar-refractivity contribution in [3.63, 3.8) is 0 Å². The van der Waals surface area contributed by atoms with E-state index >= 15 is 0 Å². The molecule has 1 rings (SSSR count). The summed E-state index contributed by atoms with van der Waals surface area (Å²) < 4.78 is 5.16.